The van der Waals surface area contributed by atoms with Gasteiger partial charge in [0.1, 0.15) is 5.75 Å². The minimum atomic E-state index is -0.411. The lowest BCUT2D eigenvalue weighted by Gasteiger charge is -2.08. The Morgan fingerprint density at radius 3 is 2.48 bits per heavy atom. The van der Waals surface area contributed by atoms with Gasteiger partial charge in [0.15, 0.2) is 0 Å². The van der Waals surface area contributed by atoms with E-state index in [1.807, 2.05) is 12.1 Å². The highest BCUT2D eigenvalue weighted by Crippen LogP contribution is 2.23. The maximum atomic E-state index is 12.1. The molecule has 6 heteroatoms. The van der Waals surface area contributed by atoms with Crippen LogP contribution in [0.4, 0.5) is 5.69 Å². The molecule has 0 spiro atoms. The number of carbonyl (C=O) groups is 1. The molecular weight excluding hydrogens is 308 g/mol. The number of thiocarbonyl (C=S) groups is 1. The van der Waals surface area contributed by atoms with Gasteiger partial charge in [-0.2, -0.15) is 0 Å². The van der Waals surface area contributed by atoms with Gasteiger partial charge in [-0.05, 0) is 35.9 Å². The molecule has 0 saturated heterocycles. The van der Waals surface area contributed by atoms with Gasteiger partial charge in [-0.25, -0.2) is 0 Å². The number of hydrogen-bond acceptors (Lipinski definition) is 3. The quantitative estimate of drug-likeness (QED) is 0.757. The first kappa shape index (κ1) is 15.3. The standard InChI is InChI=1S/C15H13ClN2O2S/c16-10-3-6-12(13(19)8-10)15(20)18-11-4-1-9(2-5-11)7-14(17)21/h1-6,8,19H,7H2,(H2,17,21)(H,18,20). The average Bonchev–Trinajstić information content (AvgIpc) is 2.40. The third-order valence-corrected chi connectivity index (χ3v) is 3.17. The molecule has 21 heavy (non-hydrogen) atoms. The number of carbonyl (C=O) groups excluding carboxylic acids is 1. The molecule has 0 aliphatic rings. The molecule has 0 fully saturated rings. The summed E-state index contributed by atoms with van der Waals surface area (Å²) in [6, 6.07) is 11.5. The van der Waals surface area contributed by atoms with Gasteiger partial charge < -0.3 is 16.2 Å². The van der Waals surface area contributed by atoms with Gasteiger partial charge in [-0.1, -0.05) is 36.0 Å². The highest BCUT2D eigenvalue weighted by molar-refractivity contribution is 7.80. The normalized spacial score (nSPS) is 10.1. The van der Waals surface area contributed by atoms with Crippen molar-refractivity contribution < 1.29 is 9.90 Å². The van der Waals surface area contributed by atoms with E-state index in [-0.39, 0.29) is 11.3 Å². The molecule has 0 aliphatic heterocycles. The maximum absolute atomic E-state index is 12.1. The molecule has 4 N–H and O–H groups in total. The largest absolute Gasteiger partial charge is 0.507 e. The Morgan fingerprint density at radius 2 is 1.90 bits per heavy atom. The van der Waals surface area contributed by atoms with Crippen molar-refractivity contribution in [1.82, 2.24) is 0 Å². The molecule has 0 saturated carbocycles. The zero-order valence-corrected chi connectivity index (χ0v) is 12.5. The molecular formula is C15H13ClN2O2S. The van der Waals surface area contributed by atoms with Gasteiger partial charge in [-0.3, -0.25) is 4.79 Å². The Hall–Kier alpha value is -2.11. The van der Waals surface area contributed by atoms with Crippen LogP contribution in [0.15, 0.2) is 42.5 Å². The highest BCUT2D eigenvalue weighted by Gasteiger charge is 2.11. The number of halogens is 1. The van der Waals surface area contributed by atoms with Crippen molar-refractivity contribution in [2.45, 2.75) is 6.42 Å². The molecule has 2 aromatic carbocycles. The van der Waals surface area contributed by atoms with Crippen LogP contribution in [0.25, 0.3) is 0 Å². The van der Waals surface area contributed by atoms with E-state index in [2.05, 4.69) is 5.32 Å². The summed E-state index contributed by atoms with van der Waals surface area (Å²) in [4.78, 5) is 12.5. The third-order valence-electron chi connectivity index (χ3n) is 2.79. The zero-order chi connectivity index (χ0) is 15.4. The highest BCUT2D eigenvalue weighted by atomic mass is 35.5. The molecule has 4 nitrogen and oxygen atoms in total. The Balaban J connectivity index is 2.10. The van der Waals surface area contributed by atoms with Crippen molar-refractivity contribution in [3.05, 3.63) is 58.6 Å². The molecule has 0 unspecified atom stereocenters. The fourth-order valence-electron chi connectivity index (χ4n) is 1.80. The van der Waals surface area contributed by atoms with Crippen molar-refractivity contribution in [2.75, 3.05) is 5.32 Å². The maximum Gasteiger partial charge on any atom is 0.259 e. The van der Waals surface area contributed by atoms with Crippen LogP contribution in [0.5, 0.6) is 5.75 Å². The van der Waals surface area contributed by atoms with Crippen LogP contribution in [-0.2, 0) is 6.42 Å². The summed E-state index contributed by atoms with van der Waals surface area (Å²) in [5.41, 5.74) is 7.21. The molecule has 2 aromatic rings. The Bertz CT molecular complexity index is 687. The average molecular weight is 321 g/mol. The minimum absolute atomic E-state index is 0.159. The topological polar surface area (TPSA) is 75.3 Å². The van der Waals surface area contributed by atoms with Gasteiger partial charge in [-0.15, -0.1) is 0 Å². The molecule has 0 heterocycles. The summed E-state index contributed by atoms with van der Waals surface area (Å²) in [7, 11) is 0. The van der Waals surface area contributed by atoms with E-state index in [0.717, 1.165) is 5.56 Å². The Labute approximate surface area is 132 Å². The number of nitrogens with one attached hydrogen (secondary N) is 1. The number of benzene rings is 2. The van der Waals surface area contributed by atoms with Crippen LogP contribution in [0.1, 0.15) is 15.9 Å². The summed E-state index contributed by atoms with van der Waals surface area (Å²) in [5.74, 6) is -0.573. The second-order valence-electron chi connectivity index (χ2n) is 4.46. The smallest absolute Gasteiger partial charge is 0.259 e. The van der Waals surface area contributed by atoms with Crippen LogP contribution in [0.3, 0.4) is 0 Å². The molecule has 2 rings (SSSR count). The minimum Gasteiger partial charge on any atom is -0.507 e. The fraction of sp³-hybridized carbons (Fsp3) is 0.0667. The van der Waals surface area contributed by atoms with Crippen molar-refractivity contribution in [1.29, 1.82) is 0 Å². The van der Waals surface area contributed by atoms with Gasteiger partial charge in [0.25, 0.3) is 5.91 Å². The second kappa shape index (κ2) is 6.56. The van der Waals surface area contributed by atoms with E-state index in [1.165, 1.54) is 12.1 Å². The number of rotatable bonds is 4. The van der Waals surface area contributed by atoms with E-state index >= 15 is 0 Å². The van der Waals surface area contributed by atoms with Gasteiger partial charge in [0.05, 0.1) is 10.6 Å². The van der Waals surface area contributed by atoms with E-state index < -0.39 is 5.91 Å². The molecule has 108 valence electrons. The first-order valence-electron chi connectivity index (χ1n) is 6.13. The van der Waals surface area contributed by atoms with Crippen LogP contribution in [0, 0.1) is 0 Å². The summed E-state index contributed by atoms with van der Waals surface area (Å²) in [5, 5.41) is 12.8. The van der Waals surface area contributed by atoms with Gasteiger partial charge in [0, 0.05) is 17.1 Å². The Morgan fingerprint density at radius 1 is 1.24 bits per heavy atom. The summed E-state index contributed by atoms with van der Waals surface area (Å²) < 4.78 is 0. The number of amides is 1. The summed E-state index contributed by atoms with van der Waals surface area (Å²) in [6.45, 7) is 0. The zero-order valence-electron chi connectivity index (χ0n) is 11.0. The number of phenolic OH excluding ortho intramolecular Hbond substituents is 1. The van der Waals surface area contributed by atoms with Crippen molar-refractivity contribution >= 4 is 40.4 Å². The van der Waals surface area contributed by atoms with Crippen LogP contribution in [0.2, 0.25) is 5.02 Å². The monoisotopic (exact) mass is 320 g/mol. The van der Waals surface area contributed by atoms with Crippen LogP contribution < -0.4 is 11.1 Å². The van der Waals surface area contributed by atoms with Crippen molar-refractivity contribution in [3.8, 4) is 5.75 Å². The van der Waals surface area contributed by atoms with E-state index in [9.17, 15) is 9.90 Å². The number of anilines is 1. The lowest BCUT2D eigenvalue weighted by Crippen LogP contribution is -2.13. The summed E-state index contributed by atoms with van der Waals surface area (Å²) >= 11 is 10.6. The summed E-state index contributed by atoms with van der Waals surface area (Å²) in [6.07, 6.45) is 0.515. The molecule has 0 bridgehead atoms. The Kier molecular flexibility index (Phi) is 4.77. The molecule has 0 atom stereocenters. The molecule has 0 aromatic heterocycles. The predicted molar refractivity (Wildman–Crippen MR) is 88.0 cm³/mol. The third kappa shape index (κ3) is 4.18. The van der Waals surface area contributed by atoms with Gasteiger partial charge >= 0.3 is 0 Å². The number of hydrogen-bond donors (Lipinski definition) is 3. The molecule has 1 amide bonds. The van der Waals surface area contributed by atoms with Crippen molar-refractivity contribution in [2.24, 2.45) is 5.73 Å². The van der Waals surface area contributed by atoms with Crippen LogP contribution >= 0.6 is 23.8 Å². The van der Waals surface area contributed by atoms with Crippen LogP contribution in [-0.4, -0.2) is 16.0 Å². The molecule has 0 aliphatic carbocycles. The van der Waals surface area contributed by atoms with E-state index in [0.29, 0.717) is 22.1 Å². The first-order chi connectivity index (χ1) is 9.95. The van der Waals surface area contributed by atoms with E-state index in [1.54, 1.807) is 18.2 Å². The fourth-order valence-corrected chi connectivity index (χ4v) is 2.14. The number of phenols is 1. The van der Waals surface area contributed by atoms with Crippen molar-refractivity contribution in [3.63, 3.8) is 0 Å². The molecule has 0 radical (unpaired) electrons. The number of aromatic hydroxyl groups is 1. The second-order valence-corrected chi connectivity index (χ2v) is 5.42. The SMILES string of the molecule is NC(=S)Cc1ccc(NC(=O)c2ccc(Cl)cc2O)cc1. The van der Waals surface area contributed by atoms with E-state index in [4.69, 9.17) is 29.6 Å². The lowest BCUT2D eigenvalue weighted by atomic mass is 10.1. The number of nitrogens with two attached hydrogens (primary N) is 1. The lowest BCUT2D eigenvalue weighted by molar-refractivity contribution is 0.102. The predicted octanol–water partition coefficient (Wildman–Crippen LogP) is 3.13. The van der Waals surface area contributed by atoms with Gasteiger partial charge in [0.2, 0.25) is 0 Å². The first-order valence-corrected chi connectivity index (χ1v) is 6.91.